The minimum absolute atomic E-state index is 0.162. The van der Waals surface area contributed by atoms with Gasteiger partial charge < -0.3 is 20.1 Å². The van der Waals surface area contributed by atoms with Crippen LogP contribution in [0.3, 0.4) is 0 Å². The first-order valence-corrected chi connectivity index (χ1v) is 9.13. The van der Waals surface area contributed by atoms with Crippen molar-refractivity contribution in [1.82, 2.24) is 10.6 Å². The molecule has 7 heteroatoms. The Morgan fingerprint density at radius 3 is 2.26 bits per heavy atom. The fourth-order valence-electron chi connectivity index (χ4n) is 2.28. The molecule has 0 aliphatic rings. The Hall–Kier alpha value is -2.73. The van der Waals surface area contributed by atoms with E-state index >= 15 is 0 Å². The molecule has 0 aromatic heterocycles. The van der Waals surface area contributed by atoms with Gasteiger partial charge in [0.25, 0.3) is 5.91 Å². The minimum atomic E-state index is -0.299. The maximum atomic E-state index is 12.0. The Morgan fingerprint density at radius 1 is 0.926 bits per heavy atom. The molecule has 0 saturated heterocycles. The Morgan fingerprint density at radius 2 is 1.59 bits per heavy atom. The SMILES string of the molecule is CCOc1ccc(OCCNC(=O)CCNC(=O)c2ccccc2Cl)cc1. The normalized spacial score (nSPS) is 10.1. The molecule has 0 unspecified atom stereocenters. The molecule has 2 aromatic rings. The average Bonchev–Trinajstić information content (AvgIpc) is 2.67. The summed E-state index contributed by atoms with van der Waals surface area (Å²) in [6.07, 6.45) is 0.180. The third kappa shape index (κ3) is 7.19. The van der Waals surface area contributed by atoms with E-state index < -0.39 is 0 Å². The molecular formula is C20H23ClN2O4. The molecule has 144 valence electrons. The van der Waals surface area contributed by atoms with E-state index in [2.05, 4.69) is 10.6 Å². The highest BCUT2D eigenvalue weighted by Crippen LogP contribution is 2.17. The molecular weight excluding hydrogens is 368 g/mol. The fourth-order valence-corrected chi connectivity index (χ4v) is 2.50. The lowest BCUT2D eigenvalue weighted by Crippen LogP contribution is -2.32. The van der Waals surface area contributed by atoms with Crippen molar-refractivity contribution in [2.24, 2.45) is 0 Å². The first kappa shape index (κ1) is 20.6. The molecule has 2 rings (SSSR count). The number of nitrogens with one attached hydrogen (secondary N) is 2. The Balaban J connectivity index is 1.59. The Kier molecular flexibility index (Phi) is 8.45. The molecule has 2 amide bonds. The van der Waals surface area contributed by atoms with Crippen molar-refractivity contribution in [3.63, 3.8) is 0 Å². The summed E-state index contributed by atoms with van der Waals surface area (Å²) in [5.74, 6) is 1.04. The number of benzene rings is 2. The van der Waals surface area contributed by atoms with Crippen molar-refractivity contribution >= 4 is 23.4 Å². The highest BCUT2D eigenvalue weighted by atomic mass is 35.5. The quantitative estimate of drug-likeness (QED) is 0.611. The van der Waals surface area contributed by atoms with Gasteiger partial charge >= 0.3 is 0 Å². The maximum Gasteiger partial charge on any atom is 0.252 e. The predicted molar refractivity (Wildman–Crippen MR) is 105 cm³/mol. The van der Waals surface area contributed by atoms with Crippen LogP contribution in [0.2, 0.25) is 5.02 Å². The van der Waals surface area contributed by atoms with Crippen molar-refractivity contribution < 1.29 is 19.1 Å². The van der Waals surface area contributed by atoms with Gasteiger partial charge in [0, 0.05) is 13.0 Å². The summed E-state index contributed by atoms with van der Waals surface area (Å²) in [7, 11) is 0. The van der Waals surface area contributed by atoms with E-state index in [4.69, 9.17) is 21.1 Å². The maximum absolute atomic E-state index is 12.0. The van der Waals surface area contributed by atoms with Gasteiger partial charge in [0.15, 0.2) is 0 Å². The van der Waals surface area contributed by atoms with Crippen molar-refractivity contribution in [2.75, 3.05) is 26.3 Å². The summed E-state index contributed by atoms with van der Waals surface area (Å²) < 4.78 is 10.9. The lowest BCUT2D eigenvalue weighted by Gasteiger charge is -2.09. The number of hydrogen-bond acceptors (Lipinski definition) is 4. The zero-order valence-corrected chi connectivity index (χ0v) is 15.9. The number of amides is 2. The van der Waals surface area contributed by atoms with E-state index in [0.717, 1.165) is 5.75 Å². The van der Waals surface area contributed by atoms with Crippen LogP contribution in [0.4, 0.5) is 0 Å². The van der Waals surface area contributed by atoms with Crippen LogP contribution in [-0.2, 0) is 4.79 Å². The number of rotatable bonds is 10. The summed E-state index contributed by atoms with van der Waals surface area (Å²) >= 11 is 5.96. The van der Waals surface area contributed by atoms with Gasteiger partial charge in [-0.25, -0.2) is 0 Å². The number of halogens is 1. The van der Waals surface area contributed by atoms with Crippen LogP contribution < -0.4 is 20.1 Å². The molecule has 0 spiro atoms. The molecule has 0 bridgehead atoms. The largest absolute Gasteiger partial charge is 0.494 e. The first-order valence-electron chi connectivity index (χ1n) is 8.75. The number of carbonyl (C=O) groups excluding carboxylic acids is 2. The topological polar surface area (TPSA) is 76.7 Å². The smallest absolute Gasteiger partial charge is 0.252 e. The van der Waals surface area contributed by atoms with Crippen molar-refractivity contribution in [3.8, 4) is 11.5 Å². The van der Waals surface area contributed by atoms with Crippen molar-refractivity contribution in [1.29, 1.82) is 0 Å². The van der Waals surface area contributed by atoms with Crippen LogP contribution in [0.25, 0.3) is 0 Å². The average molecular weight is 391 g/mol. The van der Waals surface area contributed by atoms with Crippen LogP contribution in [0.5, 0.6) is 11.5 Å². The Bertz CT molecular complexity index is 750. The molecule has 0 saturated carbocycles. The summed E-state index contributed by atoms with van der Waals surface area (Å²) in [6, 6.07) is 14.1. The van der Waals surface area contributed by atoms with Gasteiger partial charge in [-0.15, -0.1) is 0 Å². The number of carbonyl (C=O) groups is 2. The Labute approximate surface area is 163 Å². The molecule has 0 radical (unpaired) electrons. The standard InChI is InChI=1S/C20H23ClN2O4/c1-2-26-15-7-9-16(10-8-15)27-14-13-22-19(24)11-12-23-20(25)17-5-3-4-6-18(17)21/h3-10H,2,11-14H2,1H3,(H,22,24)(H,23,25). The molecule has 6 nitrogen and oxygen atoms in total. The van der Waals surface area contributed by atoms with Gasteiger partial charge in [-0.2, -0.15) is 0 Å². The van der Waals surface area contributed by atoms with Gasteiger partial charge in [-0.3, -0.25) is 9.59 Å². The van der Waals surface area contributed by atoms with Gasteiger partial charge in [-0.1, -0.05) is 23.7 Å². The van der Waals surface area contributed by atoms with Gasteiger partial charge in [-0.05, 0) is 43.3 Å². The zero-order valence-electron chi connectivity index (χ0n) is 15.2. The lowest BCUT2D eigenvalue weighted by molar-refractivity contribution is -0.121. The molecule has 0 heterocycles. The second-order valence-corrected chi connectivity index (χ2v) is 6.00. The van der Waals surface area contributed by atoms with E-state index in [1.807, 2.05) is 31.2 Å². The van der Waals surface area contributed by atoms with Gasteiger partial charge in [0.1, 0.15) is 18.1 Å². The highest BCUT2D eigenvalue weighted by molar-refractivity contribution is 6.33. The lowest BCUT2D eigenvalue weighted by atomic mass is 10.2. The summed E-state index contributed by atoms with van der Waals surface area (Å²) in [5, 5.41) is 5.80. The zero-order chi connectivity index (χ0) is 19.5. The fraction of sp³-hybridized carbons (Fsp3) is 0.300. The monoisotopic (exact) mass is 390 g/mol. The van der Waals surface area contributed by atoms with Crippen LogP contribution in [0.15, 0.2) is 48.5 Å². The molecule has 2 aromatic carbocycles. The summed E-state index contributed by atoms with van der Waals surface area (Å²) in [6.45, 7) is 3.51. The molecule has 0 atom stereocenters. The molecule has 0 aliphatic carbocycles. The second kappa shape index (κ2) is 11.1. The third-order valence-electron chi connectivity index (χ3n) is 3.58. The van der Waals surface area contributed by atoms with E-state index in [9.17, 15) is 9.59 Å². The van der Waals surface area contributed by atoms with E-state index in [1.165, 1.54) is 0 Å². The van der Waals surface area contributed by atoms with Crippen LogP contribution in [-0.4, -0.2) is 38.1 Å². The summed E-state index contributed by atoms with van der Waals surface area (Å²) in [4.78, 5) is 23.8. The molecule has 0 aliphatic heterocycles. The molecule has 27 heavy (non-hydrogen) atoms. The van der Waals surface area contributed by atoms with Crippen LogP contribution >= 0.6 is 11.6 Å². The first-order chi connectivity index (χ1) is 13.1. The predicted octanol–water partition coefficient (Wildman–Crippen LogP) is 3.05. The molecule has 0 fully saturated rings. The summed E-state index contributed by atoms with van der Waals surface area (Å²) in [5.41, 5.74) is 0.392. The van der Waals surface area contributed by atoms with Crippen LogP contribution in [0, 0.1) is 0 Å². The third-order valence-corrected chi connectivity index (χ3v) is 3.91. The van der Waals surface area contributed by atoms with Crippen molar-refractivity contribution in [2.45, 2.75) is 13.3 Å². The van der Waals surface area contributed by atoms with Crippen LogP contribution in [0.1, 0.15) is 23.7 Å². The van der Waals surface area contributed by atoms with E-state index in [1.54, 1.807) is 24.3 Å². The van der Waals surface area contributed by atoms with Gasteiger partial charge in [0.05, 0.1) is 23.7 Å². The van der Waals surface area contributed by atoms with Crippen molar-refractivity contribution in [3.05, 3.63) is 59.1 Å². The minimum Gasteiger partial charge on any atom is -0.494 e. The van der Waals surface area contributed by atoms with Gasteiger partial charge in [0.2, 0.25) is 5.91 Å². The number of hydrogen-bond donors (Lipinski definition) is 2. The number of ether oxygens (including phenoxy) is 2. The molecule has 2 N–H and O–H groups in total. The van der Waals surface area contributed by atoms with E-state index in [0.29, 0.717) is 36.1 Å². The highest BCUT2D eigenvalue weighted by Gasteiger charge is 2.09. The van der Waals surface area contributed by atoms with E-state index in [-0.39, 0.29) is 24.8 Å². The second-order valence-electron chi connectivity index (χ2n) is 5.59.